The largest absolute Gasteiger partial charge is 0.388 e. The van der Waals surface area contributed by atoms with Gasteiger partial charge in [-0.2, -0.15) is 0 Å². The Hall–Kier alpha value is -1.90. The Morgan fingerprint density at radius 3 is 2.04 bits per heavy atom. The van der Waals surface area contributed by atoms with E-state index in [4.69, 9.17) is 0 Å². The van der Waals surface area contributed by atoms with E-state index in [1.807, 2.05) is 57.2 Å². The molecule has 2 atom stereocenters. The molecule has 0 aliphatic rings. The molecule has 2 heteroatoms. The van der Waals surface area contributed by atoms with Gasteiger partial charge in [-0.15, -0.1) is 0 Å². The lowest BCUT2D eigenvalue weighted by Crippen LogP contribution is -2.30. The second kappa shape index (κ2) is 7.55. The zero-order valence-corrected chi connectivity index (χ0v) is 16.0. The number of aliphatic hydroxyl groups is 2. The van der Waals surface area contributed by atoms with Crippen LogP contribution in [0.25, 0.3) is 5.57 Å². The summed E-state index contributed by atoms with van der Waals surface area (Å²) in [5.41, 5.74) is 3.98. The van der Waals surface area contributed by atoms with E-state index in [0.29, 0.717) is 5.92 Å². The van der Waals surface area contributed by atoms with Crippen LogP contribution in [0.2, 0.25) is 0 Å². The van der Waals surface area contributed by atoms with Crippen LogP contribution in [-0.4, -0.2) is 10.2 Å². The van der Waals surface area contributed by atoms with E-state index in [0.717, 1.165) is 22.3 Å². The van der Waals surface area contributed by atoms with E-state index >= 15 is 0 Å². The zero-order valence-electron chi connectivity index (χ0n) is 16.0. The molecule has 134 valence electrons. The molecule has 0 saturated heterocycles. The fourth-order valence-electron chi connectivity index (χ4n) is 3.16. The van der Waals surface area contributed by atoms with Gasteiger partial charge in [0.15, 0.2) is 0 Å². The third kappa shape index (κ3) is 4.02. The predicted octanol–water partition coefficient (Wildman–Crippen LogP) is 5.64. The minimum atomic E-state index is -0.810. The zero-order chi connectivity index (χ0) is 18.8. The van der Waals surface area contributed by atoms with E-state index in [1.54, 1.807) is 0 Å². The van der Waals surface area contributed by atoms with Crippen molar-refractivity contribution in [3.8, 4) is 0 Å². The fraction of sp³-hybridized carbons (Fsp3) is 0.391. The molecule has 2 aromatic carbocycles. The van der Waals surface area contributed by atoms with Crippen molar-refractivity contribution in [1.82, 2.24) is 0 Å². The van der Waals surface area contributed by atoms with Gasteiger partial charge in [0.25, 0.3) is 0 Å². The Labute approximate surface area is 151 Å². The highest BCUT2D eigenvalue weighted by Crippen LogP contribution is 2.45. The van der Waals surface area contributed by atoms with E-state index in [9.17, 15) is 10.2 Å². The molecule has 2 rings (SSSR count). The average molecular weight is 338 g/mol. The highest BCUT2D eigenvalue weighted by atomic mass is 16.3. The molecule has 0 spiro atoms. The summed E-state index contributed by atoms with van der Waals surface area (Å²) in [6.07, 6.45) is -1.58. The maximum atomic E-state index is 11.1. The lowest BCUT2D eigenvalue weighted by atomic mass is 9.73. The molecule has 0 fully saturated rings. The van der Waals surface area contributed by atoms with Gasteiger partial charge in [-0.25, -0.2) is 0 Å². The highest BCUT2D eigenvalue weighted by molar-refractivity contribution is 5.66. The van der Waals surface area contributed by atoms with E-state index in [2.05, 4.69) is 32.6 Å². The third-order valence-electron chi connectivity index (χ3n) is 5.02. The van der Waals surface area contributed by atoms with Crippen LogP contribution in [0, 0.1) is 5.41 Å². The number of aliphatic hydroxyl groups excluding tert-OH is 2. The number of allylic oxidation sites excluding steroid dienone is 1. The summed E-state index contributed by atoms with van der Waals surface area (Å²) in [5.74, 6) is 0.409. The summed E-state index contributed by atoms with van der Waals surface area (Å²) in [7, 11) is 0. The monoisotopic (exact) mass is 338 g/mol. The molecule has 2 N–H and O–H groups in total. The standard InChI is InChI=1S/C23H30O2/c1-15(2)18-12-13-19(20(14-18)16(3)4)22(25)23(5,6)21(24)17-10-8-7-9-11-17/h7-15,21-22,24-25H,3H2,1-2,4-6H3/t21-,22-/m1/s1. The maximum absolute atomic E-state index is 11.1. The molecular formula is C23H30O2. The van der Waals surface area contributed by atoms with E-state index in [1.165, 1.54) is 5.56 Å². The molecule has 2 nitrogen and oxygen atoms in total. The third-order valence-corrected chi connectivity index (χ3v) is 5.02. The summed E-state index contributed by atoms with van der Waals surface area (Å²) in [4.78, 5) is 0. The van der Waals surface area contributed by atoms with Crippen molar-refractivity contribution in [2.45, 2.75) is 52.7 Å². The first-order valence-electron chi connectivity index (χ1n) is 8.87. The summed E-state index contributed by atoms with van der Waals surface area (Å²) in [6.45, 7) is 14.1. The van der Waals surface area contributed by atoms with Crippen LogP contribution in [0.3, 0.4) is 0 Å². The van der Waals surface area contributed by atoms with Crippen LogP contribution >= 0.6 is 0 Å². The number of benzene rings is 2. The van der Waals surface area contributed by atoms with Gasteiger partial charge >= 0.3 is 0 Å². The van der Waals surface area contributed by atoms with Crippen molar-refractivity contribution in [1.29, 1.82) is 0 Å². The van der Waals surface area contributed by atoms with Gasteiger partial charge in [0.2, 0.25) is 0 Å². The van der Waals surface area contributed by atoms with Gasteiger partial charge in [0.05, 0.1) is 12.2 Å². The lowest BCUT2D eigenvalue weighted by Gasteiger charge is -2.37. The first-order chi connectivity index (χ1) is 11.7. The van der Waals surface area contributed by atoms with E-state index < -0.39 is 17.6 Å². The van der Waals surface area contributed by atoms with Crippen molar-refractivity contribution in [3.05, 3.63) is 77.4 Å². The number of rotatable bonds is 6. The van der Waals surface area contributed by atoms with Crippen LogP contribution in [-0.2, 0) is 0 Å². The molecule has 0 unspecified atom stereocenters. The molecule has 0 aliphatic carbocycles. The Morgan fingerprint density at radius 2 is 1.52 bits per heavy atom. The van der Waals surface area contributed by atoms with Crippen LogP contribution in [0.4, 0.5) is 0 Å². The molecule has 0 aliphatic heterocycles. The van der Waals surface area contributed by atoms with Crippen molar-refractivity contribution >= 4 is 5.57 Å². The minimum Gasteiger partial charge on any atom is -0.388 e. The Bertz CT molecular complexity index is 729. The van der Waals surface area contributed by atoms with E-state index in [-0.39, 0.29) is 0 Å². The van der Waals surface area contributed by atoms with Gasteiger partial charge in [0, 0.05) is 5.41 Å². The Kier molecular flexibility index (Phi) is 5.87. The van der Waals surface area contributed by atoms with Crippen LogP contribution in [0.15, 0.2) is 55.1 Å². The Morgan fingerprint density at radius 1 is 0.920 bits per heavy atom. The molecule has 0 radical (unpaired) electrons. The van der Waals surface area contributed by atoms with Gasteiger partial charge in [-0.3, -0.25) is 0 Å². The molecule has 25 heavy (non-hydrogen) atoms. The van der Waals surface area contributed by atoms with Crippen LogP contribution < -0.4 is 0 Å². The summed E-state index contributed by atoms with van der Waals surface area (Å²) in [6, 6.07) is 15.6. The van der Waals surface area contributed by atoms with Gasteiger partial charge < -0.3 is 10.2 Å². The topological polar surface area (TPSA) is 40.5 Å². The van der Waals surface area contributed by atoms with Crippen molar-refractivity contribution in [2.75, 3.05) is 0 Å². The summed E-state index contributed by atoms with van der Waals surface area (Å²) >= 11 is 0. The average Bonchev–Trinajstić information content (AvgIpc) is 2.60. The second-order valence-corrected chi connectivity index (χ2v) is 7.82. The molecule has 2 aromatic rings. The molecular weight excluding hydrogens is 308 g/mol. The van der Waals surface area contributed by atoms with Crippen molar-refractivity contribution in [3.63, 3.8) is 0 Å². The molecule has 0 saturated carbocycles. The quantitative estimate of drug-likeness (QED) is 0.716. The molecule has 0 bridgehead atoms. The molecule has 0 heterocycles. The predicted molar refractivity (Wildman–Crippen MR) is 105 cm³/mol. The summed E-state index contributed by atoms with van der Waals surface area (Å²) in [5, 5.41) is 22.0. The number of hydrogen-bond acceptors (Lipinski definition) is 2. The first-order valence-corrected chi connectivity index (χ1v) is 8.87. The smallest absolute Gasteiger partial charge is 0.0874 e. The van der Waals surface area contributed by atoms with Gasteiger partial charge in [0.1, 0.15) is 0 Å². The fourth-order valence-corrected chi connectivity index (χ4v) is 3.16. The SMILES string of the molecule is C=C(C)c1cc(C(C)C)ccc1[C@@H](O)C(C)(C)[C@H](O)c1ccccc1. The second-order valence-electron chi connectivity index (χ2n) is 7.82. The van der Waals surface area contributed by atoms with Gasteiger partial charge in [-0.1, -0.05) is 88.4 Å². The lowest BCUT2D eigenvalue weighted by molar-refractivity contribution is -0.0514. The van der Waals surface area contributed by atoms with Crippen molar-refractivity contribution < 1.29 is 10.2 Å². The van der Waals surface area contributed by atoms with Crippen LogP contribution in [0.5, 0.6) is 0 Å². The minimum absolute atomic E-state index is 0.409. The van der Waals surface area contributed by atoms with Crippen LogP contribution in [0.1, 0.15) is 75.0 Å². The first kappa shape index (κ1) is 19.4. The summed E-state index contributed by atoms with van der Waals surface area (Å²) < 4.78 is 0. The normalized spacial score (nSPS) is 14.4. The maximum Gasteiger partial charge on any atom is 0.0874 e. The number of hydrogen-bond donors (Lipinski definition) is 2. The molecule has 0 amide bonds. The Balaban J connectivity index is 2.44. The van der Waals surface area contributed by atoms with Gasteiger partial charge in [-0.05, 0) is 35.1 Å². The highest BCUT2D eigenvalue weighted by Gasteiger charge is 2.38. The van der Waals surface area contributed by atoms with Crippen molar-refractivity contribution in [2.24, 2.45) is 5.41 Å². The molecule has 0 aromatic heterocycles.